The van der Waals surface area contributed by atoms with Crippen LogP contribution in [0.4, 0.5) is 0 Å². The maximum Gasteiger partial charge on any atom is 0.110 e. The number of aliphatic hydroxyl groups is 2. The molecule has 0 amide bonds. The Hall–Kier alpha value is -0.530. The van der Waals surface area contributed by atoms with Crippen molar-refractivity contribution in [3.8, 4) is 0 Å². The molecule has 3 rings (SSSR count). The predicted molar refractivity (Wildman–Crippen MR) is 97.0 cm³/mol. The normalized spacial score (nSPS) is 25.6. The van der Waals surface area contributed by atoms with Crippen LogP contribution in [0, 0.1) is 5.92 Å². The fourth-order valence-corrected chi connectivity index (χ4v) is 4.52. The van der Waals surface area contributed by atoms with E-state index in [1.165, 1.54) is 6.42 Å². The summed E-state index contributed by atoms with van der Waals surface area (Å²) in [6.45, 7) is 10.0. The van der Waals surface area contributed by atoms with Gasteiger partial charge in [0.05, 0.1) is 18.3 Å². The minimum Gasteiger partial charge on any atom is -0.392 e. The zero-order valence-corrected chi connectivity index (χ0v) is 15.8. The van der Waals surface area contributed by atoms with Crippen molar-refractivity contribution in [1.29, 1.82) is 0 Å². The van der Waals surface area contributed by atoms with Gasteiger partial charge in [0.15, 0.2) is 0 Å². The van der Waals surface area contributed by atoms with E-state index >= 15 is 0 Å². The first-order valence-electron chi connectivity index (χ1n) is 9.24. The standard InChI is InChI=1S/C18H31N3O2S/c1-14(2)3-7-20-9-5-18(23,6-10-20)16-13-24-17(19-16)12-21-8-4-15(22)11-21/h13-15,22-23H,3-12H2,1-2H3. The zero-order valence-electron chi connectivity index (χ0n) is 14.9. The summed E-state index contributed by atoms with van der Waals surface area (Å²) < 4.78 is 0. The summed E-state index contributed by atoms with van der Waals surface area (Å²) in [6.07, 6.45) is 3.44. The Kier molecular flexibility index (Phi) is 5.93. The van der Waals surface area contributed by atoms with Gasteiger partial charge in [0.1, 0.15) is 10.6 Å². The maximum atomic E-state index is 11.0. The predicted octanol–water partition coefficient (Wildman–Crippen LogP) is 2.04. The molecule has 2 N–H and O–H groups in total. The van der Waals surface area contributed by atoms with Crippen molar-refractivity contribution in [1.82, 2.24) is 14.8 Å². The van der Waals surface area contributed by atoms with Crippen molar-refractivity contribution in [2.45, 2.75) is 57.8 Å². The highest BCUT2D eigenvalue weighted by atomic mass is 32.1. The molecule has 2 aliphatic heterocycles. The number of β-amino-alcohol motifs (C(OH)–C–C–N with tert-alkyl or cyclic N) is 1. The van der Waals surface area contributed by atoms with Crippen LogP contribution in [0.1, 0.15) is 50.2 Å². The summed E-state index contributed by atoms with van der Waals surface area (Å²) in [4.78, 5) is 9.43. The van der Waals surface area contributed by atoms with Gasteiger partial charge in [-0.1, -0.05) is 13.8 Å². The largest absolute Gasteiger partial charge is 0.392 e. The highest BCUT2D eigenvalue weighted by Gasteiger charge is 2.36. The molecule has 6 heteroatoms. The van der Waals surface area contributed by atoms with E-state index in [0.29, 0.717) is 0 Å². The van der Waals surface area contributed by atoms with Crippen LogP contribution in [0.5, 0.6) is 0 Å². The molecule has 5 nitrogen and oxygen atoms in total. The van der Waals surface area contributed by atoms with Gasteiger partial charge >= 0.3 is 0 Å². The lowest BCUT2D eigenvalue weighted by atomic mass is 9.88. The molecule has 1 aromatic heterocycles. The molecule has 0 bridgehead atoms. The summed E-state index contributed by atoms with van der Waals surface area (Å²) in [5.41, 5.74) is 0.0962. The fraction of sp³-hybridized carbons (Fsp3) is 0.833. The van der Waals surface area contributed by atoms with E-state index < -0.39 is 5.60 Å². The van der Waals surface area contributed by atoms with E-state index in [1.807, 2.05) is 5.38 Å². The van der Waals surface area contributed by atoms with E-state index in [-0.39, 0.29) is 6.10 Å². The van der Waals surface area contributed by atoms with Gasteiger partial charge < -0.3 is 15.1 Å². The molecule has 136 valence electrons. The Labute approximate surface area is 149 Å². The molecule has 0 saturated carbocycles. The zero-order chi connectivity index (χ0) is 17.2. The van der Waals surface area contributed by atoms with Gasteiger partial charge in [-0.05, 0) is 38.1 Å². The third-order valence-corrected chi connectivity index (χ3v) is 6.17. The lowest BCUT2D eigenvalue weighted by molar-refractivity contribution is -0.0296. The molecule has 24 heavy (non-hydrogen) atoms. The Morgan fingerprint density at radius 1 is 1.29 bits per heavy atom. The highest BCUT2D eigenvalue weighted by molar-refractivity contribution is 7.09. The van der Waals surface area contributed by atoms with Crippen LogP contribution >= 0.6 is 11.3 Å². The number of hydrogen-bond acceptors (Lipinski definition) is 6. The van der Waals surface area contributed by atoms with Crippen LogP contribution in [0.25, 0.3) is 0 Å². The van der Waals surface area contributed by atoms with Crippen molar-refractivity contribution < 1.29 is 10.2 Å². The molecule has 1 unspecified atom stereocenters. The minimum atomic E-state index is -0.756. The molecule has 1 aromatic rings. The van der Waals surface area contributed by atoms with E-state index in [2.05, 4.69) is 23.6 Å². The lowest BCUT2D eigenvalue weighted by Gasteiger charge is -2.37. The third kappa shape index (κ3) is 4.55. The lowest BCUT2D eigenvalue weighted by Crippen LogP contribution is -2.43. The first-order valence-corrected chi connectivity index (χ1v) is 10.1. The first kappa shape index (κ1) is 18.3. The van der Waals surface area contributed by atoms with Gasteiger partial charge in [-0.2, -0.15) is 0 Å². The number of rotatable bonds is 6. The molecule has 3 heterocycles. The van der Waals surface area contributed by atoms with Gasteiger partial charge in [0, 0.05) is 31.6 Å². The summed E-state index contributed by atoms with van der Waals surface area (Å²) in [6, 6.07) is 0. The number of nitrogens with zero attached hydrogens (tertiary/aromatic N) is 3. The van der Waals surface area contributed by atoms with E-state index in [1.54, 1.807) is 11.3 Å². The van der Waals surface area contributed by atoms with Crippen LogP contribution in [-0.2, 0) is 12.1 Å². The maximum absolute atomic E-state index is 11.0. The average Bonchev–Trinajstić information content (AvgIpc) is 3.17. The van der Waals surface area contributed by atoms with Crippen molar-refractivity contribution in [2.24, 2.45) is 5.92 Å². The molecular formula is C18H31N3O2S. The Bertz CT molecular complexity index is 526. The highest BCUT2D eigenvalue weighted by Crippen LogP contribution is 2.34. The Morgan fingerprint density at radius 2 is 2.04 bits per heavy atom. The second-order valence-electron chi connectivity index (χ2n) is 7.86. The number of hydrogen-bond donors (Lipinski definition) is 2. The number of piperidine rings is 1. The third-order valence-electron chi connectivity index (χ3n) is 5.34. The number of aliphatic hydroxyl groups excluding tert-OH is 1. The molecular weight excluding hydrogens is 322 g/mol. The van der Waals surface area contributed by atoms with Crippen molar-refractivity contribution in [3.63, 3.8) is 0 Å². The molecule has 0 radical (unpaired) electrons. The van der Waals surface area contributed by atoms with Crippen LogP contribution in [0.3, 0.4) is 0 Å². The fourth-order valence-electron chi connectivity index (χ4n) is 3.59. The van der Waals surface area contributed by atoms with Crippen molar-refractivity contribution in [3.05, 3.63) is 16.1 Å². The quantitative estimate of drug-likeness (QED) is 0.820. The van der Waals surface area contributed by atoms with Crippen LogP contribution in [-0.4, -0.2) is 63.8 Å². The minimum absolute atomic E-state index is 0.191. The molecule has 2 fully saturated rings. The van der Waals surface area contributed by atoms with Gasteiger partial charge in [0.2, 0.25) is 0 Å². The smallest absolute Gasteiger partial charge is 0.110 e. The number of likely N-dealkylation sites (tertiary alicyclic amines) is 2. The summed E-state index contributed by atoms with van der Waals surface area (Å²) in [5.74, 6) is 0.732. The van der Waals surface area contributed by atoms with Gasteiger partial charge in [-0.3, -0.25) is 4.90 Å². The topological polar surface area (TPSA) is 59.8 Å². The average molecular weight is 354 g/mol. The van der Waals surface area contributed by atoms with Crippen molar-refractivity contribution in [2.75, 3.05) is 32.7 Å². The van der Waals surface area contributed by atoms with Crippen molar-refractivity contribution >= 4 is 11.3 Å². The van der Waals surface area contributed by atoms with Gasteiger partial charge in [-0.25, -0.2) is 4.98 Å². The molecule has 2 saturated heterocycles. The monoisotopic (exact) mass is 353 g/mol. The van der Waals surface area contributed by atoms with E-state index in [9.17, 15) is 10.2 Å². The molecule has 0 spiro atoms. The molecule has 0 aromatic carbocycles. The molecule has 2 aliphatic rings. The summed E-state index contributed by atoms with van der Waals surface area (Å²) in [7, 11) is 0. The van der Waals surface area contributed by atoms with Gasteiger partial charge in [0.25, 0.3) is 0 Å². The van der Waals surface area contributed by atoms with Crippen LogP contribution in [0.15, 0.2) is 5.38 Å². The van der Waals surface area contributed by atoms with Crippen LogP contribution in [0.2, 0.25) is 0 Å². The Morgan fingerprint density at radius 3 is 2.67 bits per heavy atom. The van der Waals surface area contributed by atoms with E-state index in [4.69, 9.17) is 4.98 Å². The second-order valence-corrected chi connectivity index (χ2v) is 8.80. The Balaban J connectivity index is 1.53. The molecule has 0 aliphatic carbocycles. The molecule has 1 atom stereocenters. The summed E-state index contributed by atoms with van der Waals surface area (Å²) in [5, 5.41) is 23.7. The van der Waals surface area contributed by atoms with E-state index in [0.717, 1.165) is 75.2 Å². The number of thiazole rings is 1. The number of aromatic nitrogens is 1. The first-order chi connectivity index (χ1) is 11.4. The SMILES string of the molecule is CC(C)CCN1CCC(O)(c2csc(CN3CCC(O)C3)n2)CC1. The summed E-state index contributed by atoms with van der Waals surface area (Å²) >= 11 is 1.64. The second kappa shape index (κ2) is 7.79. The van der Waals surface area contributed by atoms with Gasteiger partial charge in [-0.15, -0.1) is 11.3 Å². The van der Waals surface area contributed by atoms with Crippen LogP contribution < -0.4 is 0 Å².